The topological polar surface area (TPSA) is 70.7 Å². The van der Waals surface area contributed by atoms with Crippen LogP contribution < -0.4 is 11.1 Å². The van der Waals surface area contributed by atoms with Gasteiger partial charge in [0, 0.05) is 31.1 Å². The van der Waals surface area contributed by atoms with Crippen LogP contribution in [0.1, 0.15) is 35.0 Å². The van der Waals surface area contributed by atoms with E-state index in [-0.39, 0.29) is 23.6 Å². The molecule has 130 valence electrons. The Morgan fingerprint density at radius 1 is 1.44 bits per heavy atom. The van der Waals surface area contributed by atoms with Crippen LogP contribution in [0.3, 0.4) is 0 Å². The van der Waals surface area contributed by atoms with Gasteiger partial charge in [-0.25, -0.2) is 9.38 Å². The van der Waals surface area contributed by atoms with Crippen molar-refractivity contribution in [2.45, 2.75) is 31.5 Å². The number of halogens is 1. The molecule has 7 heteroatoms. The molecule has 2 atom stereocenters. The van der Waals surface area contributed by atoms with Crippen LogP contribution in [0.2, 0.25) is 0 Å². The predicted molar refractivity (Wildman–Crippen MR) is 97.5 cm³/mol. The lowest BCUT2D eigenvalue weighted by molar-refractivity contribution is 0.0573. The standard InChI is InChI=1S/C18H19FN4OS/c1-11-10-18(7-8-23(11)17(24)14-6-3-9-25-14)21-13-5-2-4-12(19)15(13)16(20)22-18/h2-6,9,11,21H,7-8,10H2,1H3,(H2,20,22)/t11?,18-/m1/s1. The molecule has 2 aromatic rings. The first-order chi connectivity index (χ1) is 12.0. The van der Waals surface area contributed by atoms with Crippen molar-refractivity contribution in [1.29, 1.82) is 0 Å². The highest BCUT2D eigenvalue weighted by atomic mass is 32.1. The van der Waals surface area contributed by atoms with Gasteiger partial charge < -0.3 is 16.0 Å². The van der Waals surface area contributed by atoms with Crippen LogP contribution >= 0.6 is 11.3 Å². The maximum atomic E-state index is 14.0. The summed E-state index contributed by atoms with van der Waals surface area (Å²) < 4.78 is 14.0. The number of carbonyl (C=O) groups is 1. The van der Waals surface area contributed by atoms with Crippen LogP contribution in [0.15, 0.2) is 40.7 Å². The highest BCUT2D eigenvalue weighted by molar-refractivity contribution is 7.12. The summed E-state index contributed by atoms with van der Waals surface area (Å²) in [5.41, 5.74) is 6.47. The Labute approximate surface area is 149 Å². The van der Waals surface area contributed by atoms with E-state index in [0.717, 1.165) is 4.88 Å². The van der Waals surface area contributed by atoms with E-state index in [0.29, 0.717) is 30.6 Å². The van der Waals surface area contributed by atoms with Crippen molar-refractivity contribution >= 4 is 28.8 Å². The molecule has 1 amide bonds. The first kappa shape index (κ1) is 16.1. The predicted octanol–water partition coefficient (Wildman–Crippen LogP) is 3.04. The summed E-state index contributed by atoms with van der Waals surface area (Å²) >= 11 is 1.45. The van der Waals surface area contributed by atoms with Crippen LogP contribution in [0.4, 0.5) is 10.1 Å². The normalized spacial score (nSPS) is 25.3. The number of amides is 1. The number of hydrogen-bond donors (Lipinski definition) is 2. The summed E-state index contributed by atoms with van der Waals surface area (Å²) in [6.07, 6.45) is 1.26. The van der Waals surface area contributed by atoms with Gasteiger partial charge in [0.05, 0.1) is 10.4 Å². The zero-order chi connectivity index (χ0) is 17.6. The number of rotatable bonds is 1. The first-order valence-electron chi connectivity index (χ1n) is 8.26. The molecule has 2 aliphatic rings. The summed E-state index contributed by atoms with van der Waals surface area (Å²) in [6, 6.07) is 8.58. The van der Waals surface area contributed by atoms with E-state index in [9.17, 15) is 9.18 Å². The monoisotopic (exact) mass is 358 g/mol. The molecule has 4 rings (SSSR count). The van der Waals surface area contributed by atoms with E-state index < -0.39 is 5.66 Å². The molecule has 1 aromatic carbocycles. The molecule has 3 heterocycles. The molecule has 5 nitrogen and oxygen atoms in total. The van der Waals surface area contributed by atoms with Gasteiger partial charge in [0.1, 0.15) is 17.3 Å². The Bertz CT molecular complexity index is 851. The largest absolute Gasteiger partial charge is 0.383 e. The van der Waals surface area contributed by atoms with Gasteiger partial charge >= 0.3 is 0 Å². The van der Waals surface area contributed by atoms with Crippen molar-refractivity contribution in [3.8, 4) is 0 Å². The Balaban J connectivity index is 1.59. The lowest BCUT2D eigenvalue weighted by Gasteiger charge is -2.46. The van der Waals surface area contributed by atoms with E-state index in [4.69, 9.17) is 5.73 Å². The van der Waals surface area contributed by atoms with Crippen molar-refractivity contribution in [3.63, 3.8) is 0 Å². The number of thiophene rings is 1. The molecule has 1 fully saturated rings. The fourth-order valence-corrected chi connectivity index (χ4v) is 4.42. The number of nitrogens with one attached hydrogen (secondary N) is 1. The molecular formula is C18H19FN4OS. The molecule has 1 spiro atoms. The second-order valence-corrected chi connectivity index (χ2v) is 7.54. The third-order valence-corrected chi connectivity index (χ3v) is 5.75. The van der Waals surface area contributed by atoms with Gasteiger partial charge in [-0.1, -0.05) is 12.1 Å². The average Bonchev–Trinajstić information content (AvgIpc) is 3.08. The van der Waals surface area contributed by atoms with Crippen LogP contribution in [-0.2, 0) is 0 Å². The number of carbonyl (C=O) groups excluding carboxylic acids is 1. The summed E-state index contributed by atoms with van der Waals surface area (Å²) in [4.78, 5) is 19.9. The number of nitrogens with two attached hydrogens (primary N) is 1. The summed E-state index contributed by atoms with van der Waals surface area (Å²) in [7, 11) is 0. The van der Waals surface area contributed by atoms with Crippen molar-refractivity contribution in [1.82, 2.24) is 4.90 Å². The minimum absolute atomic E-state index is 0.00232. The van der Waals surface area contributed by atoms with Crippen LogP contribution in [-0.4, -0.2) is 34.9 Å². The zero-order valence-electron chi connectivity index (χ0n) is 13.8. The summed E-state index contributed by atoms with van der Waals surface area (Å²) in [5.74, 6) is -0.104. The zero-order valence-corrected chi connectivity index (χ0v) is 14.6. The fraction of sp³-hybridized carbons (Fsp3) is 0.333. The molecule has 0 saturated carbocycles. The van der Waals surface area contributed by atoms with E-state index in [1.54, 1.807) is 6.07 Å². The molecule has 3 N–H and O–H groups in total. The van der Waals surface area contributed by atoms with Crippen molar-refractivity contribution < 1.29 is 9.18 Å². The Morgan fingerprint density at radius 3 is 3.00 bits per heavy atom. The molecule has 1 saturated heterocycles. The lowest BCUT2D eigenvalue weighted by atomic mass is 9.89. The molecule has 0 radical (unpaired) electrons. The molecule has 2 aliphatic heterocycles. The first-order valence-corrected chi connectivity index (χ1v) is 9.14. The molecule has 25 heavy (non-hydrogen) atoms. The number of aliphatic imine (C=N–C) groups is 1. The minimum atomic E-state index is -0.587. The summed E-state index contributed by atoms with van der Waals surface area (Å²) in [6.45, 7) is 2.59. The molecule has 1 unspecified atom stereocenters. The van der Waals surface area contributed by atoms with Crippen LogP contribution in [0.5, 0.6) is 0 Å². The second kappa shape index (κ2) is 5.84. The highest BCUT2D eigenvalue weighted by Crippen LogP contribution is 2.37. The van der Waals surface area contributed by atoms with Crippen molar-refractivity contribution in [2.75, 3.05) is 11.9 Å². The van der Waals surface area contributed by atoms with E-state index in [2.05, 4.69) is 10.3 Å². The quantitative estimate of drug-likeness (QED) is 0.823. The van der Waals surface area contributed by atoms with Gasteiger partial charge in [0.25, 0.3) is 5.91 Å². The number of fused-ring (bicyclic) bond motifs is 1. The van der Waals surface area contributed by atoms with Gasteiger partial charge in [0.2, 0.25) is 0 Å². The smallest absolute Gasteiger partial charge is 0.264 e. The van der Waals surface area contributed by atoms with Gasteiger partial charge in [-0.2, -0.15) is 0 Å². The number of likely N-dealkylation sites (tertiary alicyclic amines) is 1. The molecule has 0 bridgehead atoms. The second-order valence-electron chi connectivity index (χ2n) is 6.60. The third-order valence-electron chi connectivity index (χ3n) is 4.90. The number of hydrogen-bond acceptors (Lipinski definition) is 5. The average molecular weight is 358 g/mol. The SMILES string of the molecule is CC1C[C@@]2(CCN1C(=O)c1cccs1)N=C(N)c1c(F)cccc1N2. The number of piperidine rings is 1. The van der Waals surface area contributed by atoms with E-state index in [1.165, 1.54) is 17.4 Å². The molecular weight excluding hydrogens is 339 g/mol. The van der Waals surface area contributed by atoms with E-state index >= 15 is 0 Å². The Kier molecular flexibility index (Phi) is 3.76. The van der Waals surface area contributed by atoms with Crippen LogP contribution in [0.25, 0.3) is 0 Å². The Morgan fingerprint density at radius 2 is 2.28 bits per heavy atom. The highest BCUT2D eigenvalue weighted by Gasteiger charge is 2.42. The lowest BCUT2D eigenvalue weighted by Crippen LogP contribution is -2.55. The van der Waals surface area contributed by atoms with Crippen LogP contribution in [0, 0.1) is 5.82 Å². The maximum Gasteiger partial charge on any atom is 0.264 e. The molecule has 0 aliphatic carbocycles. The number of benzene rings is 1. The van der Waals surface area contributed by atoms with Gasteiger partial charge in [0.15, 0.2) is 0 Å². The number of nitrogens with zero attached hydrogens (tertiary/aromatic N) is 2. The van der Waals surface area contributed by atoms with Crippen molar-refractivity contribution in [3.05, 3.63) is 52.0 Å². The molecule has 1 aromatic heterocycles. The Hall–Kier alpha value is -2.41. The van der Waals surface area contributed by atoms with Gasteiger partial charge in [-0.15, -0.1) is 11.3 Å². The maximum absolute atomic E-state index is 14.0. The number of amidine groups is 1. The third kappa shape index (κ3) is 2.68. The van der Waals surface area contributed by atoms with Crippen molar-refractivity contribution in [2.24, 2.45) is 10.7 Å². The minimum Gasteiger partial charge on any atom is -0.383 e. The fourth-order valence-electron chi connectivity index (χ4n) is 3.74. The number of anilines is 1. The summed E-state index contributed by atoms with van der Waals surface area (Å²) in [5, 5.41) is 5.27. The van der Waals surface area contributed by atoms with E-state index in [1.807, 2.05) is 35.4 Å². The van der Waals surface area contributed by atoms with Gasteiger partial charge in [-0.05, 0) is 30.5 Å². The van der Waals surface area contributed by atoms with Gasteiger partial charge in [-0.3, -0.25) is 4.79 Å².